The van der Waals surface area contributed by atoms with Crippen molar-refractivity contribution < 1.29 is 18.0 Å². The summed E-state index contributed by atoms with van der Waals surface area (Å²) in [6.45, 7) is 0.505. The molecule has 10 heteroatoms. The van der Waals surface area contributed by atoms with Gasteiger partial charge in [0.25, 0.3) is 0 Å². The average Bonchev–Trinajstić information content (AvgIpc) is 3.42. The van der Waals surface area contributed by atoms with Gasteiger partial charge in [-0.1, -0.05) is 0 Å². The highest BCUT2D eigenvalue weighted by Crippen LogP contribution is 2.38. The van der Waals surface area contributed by atoms with Crippen molar-refractivity contribution in [3.05, 3.63) is 58.8 Å². The largest absolute Gasteiger partial charge is 0.418 e. The monoisotopic (exact) mass is 407 g/mol. The second kappa shape index (κ2) is 7.27. The Bertz CT molecular complexity index is 956. The number of thiophene rings is 1. The molecule has 1 aliphatic rings. The Hall–Kier alpha value is -2.88. The van der Waals surface area contributed by atoms with Gasteiger partial charge in [0.1, 0.15) is 12.7 Å². The van der Waals surface area contributed by atoms with Crippen LogP contribution in [0.5, 0.6) is 0 Å². The predicted octanol–water partition coefficient (Wildman–Crippen LogP) is 4.72. The summed E-state index contributed by atoms with van der Waals surface area (Å²) >= 11 is 1.53. The van der Waals surface area contributed by atoms with E-state index in [1.54, 1.807) is 4.90 Å². The van der Waals surface area contributed by atoms with E-state index in [1.807, 2.05) is 16.8 Å². The lowest BCUT2D eigenvalue weighted by molar-refractivity contribution is -0.136. The van der Waals surface area contributed by atoms with E-state index in [2.05, 4.69) is 15.4 Å². The number of aromatic nitrogens is 3. The summed E-state index contributed by atoms with van der Waals surface area (Å²) in [6, 6.07) is 4.94. The van der Waals surface area contributed by atoms with Gasteiger partial charge in [0.05, 0.1) is 23.0 Å². The van der Waals surface area contributed by atoms with Gasteiger partial charge in [-0.3, -0.25) is 0 Å². The predicted molar refractivity (Wildman–Crippen MR) is 98.4 cm³/mol. The van der Waals surface area contributed by atoms with Crippen LogP contribution in [0, 0.1) is 0 Å². The third-order valence-electron chi connectivity index (χ3n) is 4.68. The maximum atomic E-state index is 13.6. The fourth-order valence-electron chi connectivity index (χ4n) is 3.37. The number of rotatable bonds is 3. The number of halogens is 3. The SMILES string of the molecule is O=C(Nc1ccc(-n2cncn2)cc1C(F)(F)F)N1CCCC1c1ccsc1. The number of nitrogens with one attached hydrogen (secondary N) is 1. The van der Waals surface area contributed by atoms with Crippen LogP contribution in [0.3, 0.4) is 0 Å². The minimum Gasteiger partial charge on any atom is -0.317 e. The number of hydrogen-bond donors (Lipinski definition) is 1. The molecule has 1 unspecified atom stereocenters. The van der Waals surface area contributed by atoms with Gasteiger partial charge in [0.2, 0.25) is 0 Å². The molecular weight excluding hydrogens is 391 g/mol. The molecule has 2 amide bonds. The molecule has 0 radical (unpaired) electrons. The van der Waals surface area contributed by atoms with Gasteiger partial charge in [0, 0.05) is 6.54 Å². The van der Waals surface area contributed by atoms with E-state index in [-0.39, 0.29) is 17.4 Å². The fourth-order valence-corrected chi connectivity index (χ4v) is 4.07. The molecule has 1 saturated heterocycles. The number of alkyl halides is 3. The Morgan fingerprint density at radius 1 is 1.29 bits per heavy atom. The van der Waals surface area contributed by atoms with Gasteiger partial charge < -0.3 is 10.2 Å². The number of nitrogens with zero attached hydrogens (tertiary/aromatic N) is 4. The second-order valence-corrected chi connectivity index (χ2v) is 7.19. The Balaban J connectivity index is 1.61. The molecule has 0 saturated carbocycles. The zero-order valence-corrected chi connectivity index (χ0v) is 15.4. The van der Waals surface area contributed by atoms with Gasteiger partial charge in [-0.2, -0.15) is 29.6 Å². The smallest absolute Gasteiger partial charge is 0.317 e. The van der Waals surface area contributed by atoms with Crippen molar-refractivity contribution in [1.82, 2.24) is 19.7 Å². The first-order valence-corrected chi connectivity index (χ1v) is 9.54. The molecule has 3 heterocycles. The van der Waals surface area contributed by atoms with E-state index >= 15 is 0 Å². The number of likely N-dealkylation sites (tertiary alicyclic amines) is 1. The standard InChI is InChI=1S/C18H16F3N5OS/c19-18(20,21)14-8-13(26-11-22-10-23-26)3-4-15(14)24-17(27)25-6-1-2-16(25)12-5-7-28-9-12/h3-5,7-11,16H,1-2,6H2,(H,24,27). The number of benzene rings is 1. The van der Waals surface area contributed by atoms with Crippen molar-refractivity contribution >= 4 is 23.1 Å². The summed E-state index contributed by atoms with van der Waals surface area (Å²) in [5, 5.41) is 10.2. The number of carbonyl (C=O) groups is 1. The molecule has 1 N–H and O–H groups in total. The highest BCUT2D eigenvalue weighted by Gasteiger charge is 2.36. The van der Waals surface area contributed by atoms with Crippen molar-refractivity contribution in [2.45, 2.75) is 25.1 Å². The third kappa shape index (κ3) is 3.59. The molecule has 0 spiro atoms. The Labute approximate surface area is 162 Å². The molecule has 1 fully saturated rings. The Morgan fingerprint density at radius 2 is 2.14 bits per heavy atom. The van der Waals surface area contributed by atoms with Crippen molar-refractivity contribution in [2.75, 3.05) is 11.9 Å². The van der Waals surface area contributed by atoms with Crippen LogP contribution in [-0.2, 0) is 6.18 Å². The molecule has 6 nitrogen and oxygen atoms in total. The normalized spacial score (nSPS) is 17.1. The van der Waals surface area contributed by atoms with Crippen LogP contribution in [0.25, 0.3) is 5.69 Å². The first-order chi connectivity index (χ1) is 13.4. The topological polar surface area (TPSA) is 63.1 Å². The first-order valence-electron chi connectivity index (χ1n) is 8.59. The van der Waals surface area contributed by atoms with Gasteiger partial charge in [-0.05, 0) is 53.4 Å². The lowest BCUT2D eigenvalue weighted by atomic mass is 10.1. The second-order valence-electron chi connectivity index (χ2n) is 6.41. The molecule has 146 valence electrons. The molecule has 3 aromatic rings. The number of anilines is 1. The van der Waals surface area contributed by atoms with Crippen molar-refractivity contribution in [2.24, 2.45) is 0 Å². The van der Waals surface area contributed by atoms with Crippen LogP contribution in [0.4, 0.5) is 23.7 Å². The molecule has 28 heavy (non-hydrogen) atoms. The maximum absolute atomic E-state index is 13.6. The minimum atomic E-state index is -4.63. The van der Waals surface area contributed by atoms with Crippen LogP contribution in [0.2, 0.25) is 0 Å². The summed E-state index contributed by atoms with van der Waals surface area (Å²) in [4.78, 5) is 18.1. The first kappa shape index (κ1) is 18.5. The zero-order valence-electron chi connectivity index (χ0n) is 14.6. The number of amides is 2. The van der Waals surface area contributed by atoms with E-state index in [9.17, 15) is 18.0 Å². The van der Waals surface area contributed by atoms with Crippen LogP contribution in [-0.4, -0.2) is 32.2 Å². The fraction of sp³-hybridized carbons (Fsp3) is 0.278. The van der Waals surface area contributed by atoms with E-state index in [0.29, 0.717) is 6.54 Å². The van der Waals surface area contributed by atoms with E-state index in [1.165, 1.54) is 40.8 Å². The lowest BCUT2D eigenvalue weighted by Gasteiger charge is -2.25. The van der Waals surface area contributed by atoms with Crippen LogP contribution in [0.1, 0.15) is 30.0 Å². The Morgan fingerprint density at radius 3 is 2.82 bits per heavy atom. The molecule has 2 aromatic heterocycles. The van der Waals surface area contributed by atoms with E-state index in [4.69, 9.17) is 0 Å². The van der Waals surface area contributed by atoms with Gasteiger partial charge in [-0.25, -0.2) is 14.5 Å². The minimum absolute atomic E-state index is 0.116. The van der Waals surface area contributed by atoms with Gasteiger partial charge in [0.15, 0.2) is 0 Å². The zero-order chi connectivity index (χ0) is 19.7. The quantitative estimate of drug-likeness (QED) is 0.684. The third-order valence-corrected chi connectivity index (χ3v) is 5.38. The van der Waals surface area contributed by atoms with Crippen molar-refractivity contribution in [1.29, 1.82) is 0 Å². The van der Waals surface area contributed by atoms with Crippen LogP contribution in [0.15, 0.2) is 47.7 Å². The van der Waals surface area contributed by atoms with Crippen molar-refractivity contribution in [3.63, 3.8) is 0 Å². The summed E-state index contributed by atoms with van der Waals surface area (Å²) < 4.78 is 42.0. The number of hydrogen-bond acceptors (Lipinski definition) is 4. The number of urea groups is 1. The molecule has 1 aromatic carbocycles. The summed E-state index contributed by atoms with van der Waals surface area (Å²) in [7, 11) is 0. The van der Waals surface area contributed by atoms with Crippen LogP contribution < -0.4 is 5.32 Å². The van der Waals surface area contributed by atoms with Gasteiger partial charge >= 0.3 is 12.2 Å². The average molecular weight is 407 g/mol. The molecule has 0 bridgehead atoms. The van der Waals surface area contributed by atoms with Crippen LogP contribution >= 0.6 is 11.3 Å². The molecular formula is C18H16F3N5OS. The Kier molecular flexibility index (Phi) is 4.80. The maximum Gasteiger partial charge on any atom is 0.418 e. The van der Waals surface area contributed by atoms with Gasteiger partial charge in [-0.15, -0.1) is 0 Å². The molecule has 1 atom stereocenters. The molecule has 1 aliphatic heterocycles. The lowest BCUT2D eigenvalue weighted by Crippen LogP contribution is -2.34. The highest BCUT2D eigenvalue weighted by molar-refractivity contribution is 7.08. The van der Waals surface area contributed by atoms with E-state index < -0.39 is 17.8 Å². The summed E-state index contributed by atoms with van der Waals surface area (Å²) in [5.41, 5.74) is 0.00725. The summed E-state index contributed by atoms with van der Waals surface area (Å²) in [5.74, 6) is 0. The summed E-state index contributed by atoms with van der Waals surface area (Å²) in [6.07, 6.45) is -0.478. The highest BCUT2D eigenvalue weighted by atomic mass is 32.1. The van der Waals surface area contributed by atoms with Crippen molar-refractivity contribution in [3.8, 4) is 5.69 Å². The van der Waals surface area contributed by atoms with E-state index in [0.717, 1.165) is 24.5 Å². The molecule has 4 rings (SSSR count). The number of carbonyl (C=O) groups excluding carboxylic acids is 1. The molecule has 0 aliphatic carbocycles.